The Morgan fingerprint density at radius 2 is 1.85 bits per heavy atom. The molecule has 0 spiro atoms. The van der Waals surface area contributed by atoms with Crippen LogP contribution in [0, 0.1) is 0 Å². The van der Waals surface area contributed by atoms with Crippen LogP contribution in [0.5, 0.6) is 0 Å². The summed E-state index contributed by atoms with van der Waals surface area (Å²) in [5.41, 5.74) is -0.676. The van der Waals surface area contributed by atoms with E-state index in [4.69, 9.17) is 44.3 Å². The van der Waals surface area contributed by atoms with Gasteiger partial charge in [-0.3, -0.25) is 0 Å². The van der Waals surface area contributed by atoms with Crippen molar-refractivity contribution in [3.05, 3.63) is 12.7 Å². The lowest BCUT2D eigenvalue weighted by Gasteiger charge is -2.22. The van der Waals surface area contributed by atoms with Gasteiger partial charge in [0.05, 0.1) is 0 Å². The Morgan fingerprint density at radius 1 is 1.30 bits per heavy atom. The zero-order valence-corrected chi connectivity index (χ0v) is 13.8. The molecule has 116 valence electrons. The molecule has 8 heteroatoms. The third-order valence-electron chi connectivity index (χ3n) is 1.76. The number of hydrogen-bond donors (Lipinski definition) is 1. The molecule has 1 amide bonds. The third kappa shape index (κ3) is 10.2. The first-order chi connectivity index (χ1) is 8.94. The largest absolute Gasteiger partial charge is 0.460 e. The van der Waals surface area contributed by atoms with Crippen molar-refractivity contribution in [1.29, 1.82) is 0 Å². The van der Waals surface area contributed by atoms with Gasteiger partial charge in [0.15, 0.2) is 0 Å². The van der Waals surface area contributed by atoms with Gasteiger partial charge in [0, 0.05) is 0 Å². The maximum Gasteiger partial charge on any atom is 0.408 e. The molecule has 0 aromatic carbocycles. The molecule has 0 bridgehead atoms. The number of carbonyl (C=O) groups is 2. The Hall–Kier alpha value is -0.650. The van der Waals surface area contributed by atoms with E-state index >= 15 is 0 Å². The summed E-state index contributed by atoms with van der Waals surface area (Å²) in [7, 11) is 0. The number of esters is 1. The fourth-order valence-electron chi connectivity index (χ4n) is 1.08. The molecular weight excluding hydrogens is 328 g/mol. The van der Waals surface area contributed by atoms with Gasteiger partial charge in [-0.15, -0.1) is 6.58 Å². The average molecular weight is 347 g/mol. The lowest BCUT2D eigenvalue weighted by molar-refractivity contribution is -0.145. The first kappa shape index (κ1) is 19.4. The molecule has 0 fully saturated rings. The van der Waals surface area contributed by atoms with Crippen molar-refractivity contribution >= 4 is 46.9 Å². The SMILES string of the molecule is C=CC[C@H](NC(=O)OC(C)(C)C)C(=O)OCC(Cl)(Cl)Cl. The van der Waals surface area contributed by atoms with Crippen LogP contribution in [0.1, 0.15) is 27.2 Å². The number of ether oxygens (including phenoxy) is 2. The predicted molar refractivity (Wildman–Crippen MR) is 79.2 cm³/mol. The van der Waals surface area contributed by atoms with Crippen LogP contribution in [-0.4, -0.2) is 34.1 Å². The number of rotatable bonds is 5. The van der Waals surface area contributed by atoms with Gasteiger partial charge in [-0.2, -0.15) is 0 Å². The molecule has 0 unspecified atom stereocenters. The second-order valence-electron chi connectivity index (χ2n) is 4.95. The lowest BCUT2D eigenvalue weighted by Crippen LogP contribution is -2.44. The Kier molecular flexibility index (Phi) is 7.70. The van der Waals surface area contributed by atoms with E-state index in [2.05, 4.69) is 11.9 Å². The molecule has 0 heterocycles. The van der Waals surface area contributed by atoms with Crippen LogP contribution in [0.3, 0.4) is 0 Å². The minimum absolute atomic E-state index is 0.165. The van der Waals surface area contributed by atoms with Crippen LogP contribution >= 0.6 is 34.8 Å². The topological polar surface area (TPSA) is 64.6 Å². The van der Waals surface area contributed by atoms with Crippen molar-refractivity contribution < 1.29 is 19.1 Å². The highest BCUT2D eigenvalue weighted by Gasteiger charge is 2.28. The molecule has 1 atom stereocenters. The monoisotopic (exact) mass is 345 g/mol. The quantitative estimate of drug-likeness (QED) is 0.471. The van der Waals surface area contributed by atoms with Gasteiger partial charge in [-0.05, 0) is 27.2 Å². The standard InChI is InChI=1S/C12H18Cl3NO4/c1-5-6-8(9(17)19-7-12(13,14)15)16-10(18)20-11(2,3)4/h5,8H,1,6-7H2,2-4H3,(H,16,18)/t8-/m0/s1. The van der Waals surface area contributed by atoms with E-state index in [0.29, 0.717) is 0 Å². The maximum absolute atomic E-state index is 11.8. The number of alkyl carbamates (subject to hydrolysis) is 1. The Labute approximate surface area is 133 Å². The molecule has 5 nitrogen and oxygen atoms in total. The van der Waals surface area contributed by atoms with Gasteiger partial charge < -0.3 is 14.8 Å². The lowest BCUT2D eigenvalue weighted by atomic mass is 10.2. The molecule has 0 saturated heterocycles. The number of alkyl halides is 3. The maximum atomic E-state index is 11.8. The first-order valence-corrected chi connectivity index (χ1v) is 6.92. The minimum Gasteiger partial charge on any atom is -0.460 e. The molecule has 0 saturated carbocycles. The third-order valence-corrected chi connectivity index (χ3v) is 2.08. The van der Waals surface area contributed by atoms with Crippen molar-refractivity contribution in [2.75, 3.05) is 6.61 Å². The molecule has 0 aromatic rings. The van der Waals surface area contributed by atoms with Crippen LogP contribution in [0.25, 0.3) is 0 Å². The van der Waals surface area contributed by atoms with E-state index < -0.39 is 34.1 Å². The highest BCUT2D eigenvalue weighted by molar-refractivity contribution is 6.67. The highest BCUT2D eigenvalue weighted by Crippen LogP contribution is 2.26. The summed E-state index contributed by atoms with van der Waals surface area (Å²) < 4.78 is 8.13. The second kappa shape index (κ2) is 7.96. The number of hydrogen-bond acceptors (Lipinski definition) is 4. The number of nitrogens with one attached hydrogen (secondary N) is 1. The van der Waals surface area contributed by atoms with E-state index in [1.807, 2.05) is 0 Å². The van der Waals surface area contributed by atoms with Crippen molar-refractivity contribution in [3.8, 4) is 0 Å². The molecule has 1 N–H and O–H groups in total. The van der Waals surface area contributed by atoms with Crippen LogP contribution in [0.15, 0.2) is 12.7 Å². The van der Waals surface area contributed by atoms with Gasteiger partial charge in [-0.25, -0.2) is 9.59 Å². The second-order valence-corrected chi connectivity index (χ2v) is 7.46. The Bertz CT molecular complexity index is 361. The Morgan fingerprint density at radius 3 is 2.25 bits per heavy atom. The number of carbonyl (C=O) groups excluding carboxylic acids is 2. The summed E-state index contributed by atoms with van der Waals surface area (Å²) in [5.74, 6) is -0.734. The molecule has 0 aliphatic carbocycles. The van der Waals surface area contributed by atoms with E-state index in [0.717, 1.165) is 0 Å². The van der Waals surface area contributed by atoms with Gasteiger partial charge in [0.2, 0.25) is 3.79 Å². The summed E-state index contributed by atoms with van der Waals surface area (Å²) >= 11 is 16.4. The smallest absolute Gasteiger partial charge is 0.408 e. The number of amides is 1. The fourth-order valence-corrected chi connectivity index (χ4v) is 1.25. The van der Waals surface area contributed by atoms with Crippen molar-refractivity contribution in [2.45, 2.75) is 42.6 Å². The van der Waals surface area contributed by atoms with Gasteiger partial charge in [-0.1, -0.05) is 40.9 Å². The summed E-state index contributed by atoms with van der Waals surface area (Å²) in [4.78, 5) is 23.4. The summed E-state index contributed by atoms with van der Waals surface area (Å²) in [5, 5.41) is 2.37. The summed E-state index contributed by atoms with van der Waals surface area (Å²) in [6.07, 6.45) is 0.881. The van der Waals surface area contributed by atoms with Crippen LogP contribution in [-0.2, 0) is 14.3 Å². The first-order valence-electron chi connectivity index (χ1n) is 5.78. The normalized spacial score (nSPS) is 13.3. The average Bonchev–Trinajstić information content (AvgIpc) is 2.21. The van der Waals surface area contributed by atoms with Crippen molar-refractivity contribution in [2.24, 2.45) is 0 Å². The van der Waals surface area contributed by atoms with Gasteiger partial charge in [0.1, 0.15) is 18.2 Å². The minimum atomic E-state index is -1.71. The zero-order valence-electron chi connectivity index (χ0n) is 11.5. The molecule has 0 aliphatic heterocycles. The van der Waals surface area contributed by atoms with E-state index in [9.17, 15) is 9.59 Å². The molecule has 0 aliphatic rings. The molecule has 0 rings (SSSR count). The molecule has 20 heavy (non-hydrogen) atoms. The predicted octanol–water partition coefficient (Wildman–Crippen LogP) is 3.37. The zero-order chi connectivity index (χ0) is 16.0. The van der Waals surface area contributed by atoms with Crippen LogP contribution in [0.4, 0.5) is 4.79 Å². The summed E-state index contributed by atoms with van der Waals surface area (Å²) in [6.45, 7) is 8.19. The van der Waals surface area contributed by atoms with Crippen LogP contribution < -0.4 is 5.32 Å². The number of halogens is 3. The molecule has 0 radical (unpaired) electrons. The van der Waals surface area contributed by atoms with E-state index in [-0.39, 0.29) is 6.42 Å². The van der Waals surface area contributed by atoms with E-state index in [1.54, 1.807) is 20.8 Å². The van der Waals surface area contributed by atoms with Gasteiger partial charge in [0.25, 0.3) is 0 Å². The van der Waals surface area contributed by atoms with Gasteiger partial charge >= 0.3 is 12.1 Å². The van der Waals surface area contributed by atoms with Crippen molar-refractivity contribution in [1.82, 2.24) is 5.32 Å². The fraction of sp³-hybridized carbons (Fsp3) is 0.667. The Balaban J connectivity index is 4.52. The van der Waals surface area contributed by atoms with Crippen molar-refractivity contribution in [3.63, 3.8) is 0 Å². The molecule has 0 aromatic heterocycles. The molecular formula is C12H18Cl3NO4. The van der Waals surface area contributed by atoms with Crippen LogP contribution in [0.2, 0.25) is 0 Å². The summed E-state index contributed by atoms with van der Waals surface area (Å²) in [6, 6.07) is -0.949. The van der Waals surface area contributed by atoms with E-state index in [1.165, 1.54) is 6.08 Å². The highest BCUT2D eigenvalue weighted by atomic mass is 35.6.